The van der Waals surface area contributed by atoms with Crippen LogP contribution >= 0.6 is 0 Å². The van der Waals surface area contributed by atoms with Crippen molar-refractivity contribution >= 4 is 10.8 Å². The Morgan fingerprint density at radius 3 is 2.58 bits per heavy atom. The Hall–Kier alpha value is 0.0700. The SMILES string of the molecule is CC(CN1CCNCC1)S(C)=O. The van der Waals surface area contributed by atoms with Gasteiger partial charge in [-0.1, -0.05) is 0 Å². The molecule has 4 heteroatoms. The molecule has 1 fully saturated rings. The van der Waals surface area contributed by atoms with Crippen molar-refractivity contribution in [2.24, 2.45) is 0 Å². The zero-order valence-corrected chi connectivity index (χ0v) is 8.69. The molecule has 0 radical (unpaired) electrons. The monoisotopic (exact) mass is 190 g/mol. The van der Waals surface area contributed by atoms with E-state index in [-0.39, 0.29) is 0 Å². The van der Waals surface area contributed by atoms with Crippen LogP contribution in [0.3, 0.4) is 0 Å². The van der Waals surface area contributed by atoms with Crippen LogP contribution in [0.2, 0.25) is 0 Å². The first-order valence-electron chi connectivity index (χ1n) is 4.45. The van der Waals surface area contributed by atoms with Crippen LogP contribution in [0.25, 0.3) is 0 Å². The molecular weight excluding hydrogens is 172 g/mol. The van der Waals surface area contributed by atoms with Gasteiger partial charge in [-0.15, -0.1) is 0 Å². The molecule has 0 aromatic carbocycles. The molecule has 1 saturated heterocycles. The number of piperazine rings is 1. The van der Waals surface area contributed by atoms with Crippen molar-refractivity contribution in [3.05, 3.63) is 0 Å². The van der Waals surface area contributed by atoms with Gasteiger partial charge in [0.05, 0.1) is 0 Å². The Bertz CT molecular complexity index is 157. The minimum absolute atomic E-state index is 0.308. The molecule has 3 nitrogen and oxygen atoms in total. The summed E-state index contributed by atoms with van der Waals surface area (Å²) in [5, 5.41) is 3.61. The van der Waals surface area contributed by atoms with Crippen LogP contribution in [0.4, 0.5) is 0 Å². The molecule has 1 aliphatic heterocycles. The van der Waals surface area contributed by atoms with Crippen LogP contribution in [-0.4, -0.2) is 53.3 Å². The molecule has 0 amide bonds. The van der Waals surface area contributed by atoms with Gasteiger partial charge in [-0.2, -0.15) is 0 Å². The van der Waals surface area contributed by atoms with E-state index in [0.29, 0.717) is 5.25 Å². The van der Waals surface area contributed by atoms with Crippen LogP contribution in [-0.2, 0) is 10.8 Å². The smallest absolute Gasteiger partial charge is 0.0444 e. The fraction of sp³-hybridized carbons (Fsp3) is 1.00. The number of nitrogens with one attached hydrogen (secondary N) is 1. The zero-order valence-electron chi connectivity index (χ0n) is 7.88. The number of rotatable bonds is 3. The summed E-state index contributed by atoms with van der Waals surface area (Å²) < 4.78 is 11.1. The molecule has 0 bridgehead atoms. The average Bonchev–Trinajstić information content (AvgIpc) is 2.06. The highest BCUT2D eigenvalue weighted by Crippen LogP contribution is 1.99. The molecule has 0 saturated carbocycles. The van der Waals surface area contributed by atoms with Crippen LogP contribution < -0.4 is 5.32 Å². The summed E-state index contributed by atoms with van der Waals surface area (Å²) in [4.78, 5) is 2.38. The van der Waals surface area contributed by atoms with E-state index in [1.807, 2.05) is 0 Å². The van der Waals surface area contributed by atoms with Crippen molar-refractivity contribution in [1.82, 2.24) is 10.2 Å². The molecule has 1 N–H and O–H groups in total. The number of hydrogen-bond donors (Lipinski definition) is 1. The van der Waals surface area contributed by atoms with Crippen molar-refractivity contribution in [3.63, 3.8) is 0 Å². The Morgan fingerprint density at radius 2 is 2.08 bits per heavy atom. The maximum atomic E-state index is 11.1. The molecule has 12 heavy (non-hydrogen) atoms. The average molecular weight is 190 g/mol. The standard InChI is InChI=1S/C8H18N2OS/c1-8(12(2)11)7-10-5-3-9-4-6-10/h8-9H,3-7H2,1-2H3. The second-order valence-electron chi connectivity index (χ2n) is 3.36. The highest BCUT2D eigenvalue weighted by Gasteiger charge is 2.14. The van der Waals surface area contributed by atoms with Crippen LogP contribution in [0.5, 0.6) is 0 Å². The van der Waals surface area contributed by atoms with Crippen molar-refractivity contribution in [2.75, 3.05) is 39.0 Å². The predicted octanol–water partition coefficient (Wildman–Crippen LogP) is -0.341. The maximum Gasteiger partial charge on any atom is 0.0444 e. The second-order valence-corrected chi connectivity index (χ2v) is 5.16. The Labute approximate surface area is 77.0 Å². The van der Waals surface area contributed by atoms with Gasteiger partial charge in [0.2, 0.25) is 0 Å². The first kappa shape index (κ1) is 10.2. The highest BCUT2D eigenvalue weighted by atomic mass is 32.2. The normalized spacial score (nSPS) is 25.2. The topological polar surface area (TPSA) is 32.3 Å². The lowest BCUT2D eigenvalue weighted by Gasteiger charge is -2.28. The molecule has 0 aromatic rings. The zero-order chi connectivity index (χ0) is 8.97. The van der Waals surface area contributed by atoms with Crippen molar-refractivity contribution in [1.29, 1.82) is 0 Å². The van der Waals surface area contributed by atoms with E-state index in [2.05, 4.69) is 17.1 Å². The highest BCUT2D eigenvalue weighted by molar-refractivity contribution is 7.84. The van der Waals surface area contributed by atoms with Gasteiger partial charge in [-0.3, -0.25) is 9.11 Å². The van der Waals surface area contributed by atoms with Crippen molar-refractivity contribution in [2.45, 2.75) is 12.2 Å². The summed E-state index contributed by atoms with van der Waals surface area (Å²) in [6.07, 6.45) is 1.78. The molecule has 1 heterocycles. The summed E-state index contributed by atoms with van der Waals surface area (Å²) in [6, 6.07) is 0. The quantitative estimate of drug-likeness (QED) is 0.661. The van der Waals surface area contributed by atoms with Gasteiger partial charge in [0, 0.05) is 55.0 Å². The van der Waals surface area contributed by atoms with E-state index in [9.17, 15) is 4.21 Å². The summed E-state index contributed by atoms with van der Waals surface area (Å²) in [6.45, 7) is 7.37. The minimum atomic E-state index is -0.674. The third-order valence-corrected chi connectivity index (χ3v) is 3.57. The van der Waals surface area contributed by atoms with Crippen LogP contribution in [0.1, 0.15) is 6.92 Å². The predicted molar refractivity (Wildman–Crippen MR) is 52.8 cm³/mol. The molecule has 2 unspecified atom stereocenters. The van der Waals surface area contributed by atoms with E-state index < -0.39 is 10.8 Å². The van der Waals surface area contributed by atoms with Crippen molar-refractivity contribution < 1.29 is 4.21 Å². The lowest BCUT2D eigenvalue weighted by molar-refractivity contribution is 0.243. The summed E-state index contributed by atoms with van der Waals surface area (Å²) >= 11 is 0. The number of nitrogens with zero attached hydrogens (tertiary/aromatic N) is 1. The minimum Gasteiger partial charge on any atom is -0.314 e. The molecule has 1 rings (SSSR count). The van der Waals surface area contributed by atoms with E-state index in [4.69, 9.17) is 0 Å². The lowest BCUT2D eigenvalue weighted by Crippen LogP contribution is -2.46. The van der Waals surface area contributed by atoms with E-state index >= 15 is 0 Å². The van der Waals surface area contributed by atoms with Gasteiger partial charge in [-0.05, 0) is 6.92 Å². The van der Waals surface area contributed by atoms with Gasteiger partial charge in [0.1, 0.15) is 0 Å². The summed E-state index contributed by atoms with van der Waals surface area (Å²) in [5.41, 5.74) is 0. The Balaban J connectivity index is 2.24. The molecule has 0 aliphatic carbocycles. The van der Waals surface area contributed by atoms with Crippen LogP contribution in [0.15, 0.2) is 0 Å². The van der Waals surface area contributed by atoms with Gasteiger partial charge in [-0.25, -0.2) is 0 Å². The maximum absolute atomic E-state index is 11.1. The van der Waals surface area contributed by atoms with E-state index in [0.717, 1.165) is 32.7 Å². The molecule has 0 aromatic heterocycles. The number of hydrogen-bond acceptors (Lipinski definition) is 3. The Kier molecular flexibility index (Phi) is 4.18. The lowest BCUT2D eigenvalue weighted by atomic mass is 10.3. The van der Waals surface area contributed by atoms with Gasteiger partial charge in [0.25, 0.3) is 0 Å². The molecule has 0 spiro atoms. The molecular formula is C8H18N2OS. The van der Waals surface area contributed by atoms with Crippen molar-refractivity contribution in [3.8, 4) is 0 Å². The third-order valence-electron chi connectivity index (χ3n) is 2.29. The molecule has 72 valence electrons. The Morgan fingerprint density at radius 1 is 1.50 bits per heavy atom. The first-order chi connectivity index (χ1) is 5.70. The summed E-state index contributed by atoms with van der Waals surface area (Å²) in [7, 11) is -0.674. The van der Waals surface area contributed by atoms with E-state index in [1.165, 1.54) is 0 Å². The van der Waals surface area contributed by atoms with Gasteiger partial charge < -0.3 is 5.32 Å². The summed E-state index contributed by atoms with van der Waals surface area (Å²) in [5.74, 6) is 0. The molecule has 2 atom stereocenters. The second kappa shape index (κ2) is 4.94. The third kappa shape index (κ3) is 3.21. The molecule has 1 aliphatic rings. The van der Waals surface area contributed by atoms with E-state index in [1.54, 1.807) is 6.26 Å². The van der Waals surface area contributed by atoms with Gasteiger partial charge >= 0.3 is 0 Å². The fourth-order valence-electron chi connectivity index (χ4n) is 1.36. The fourth-order valence-corrected chi connectivity index (χ4v) is 1.78. The largest absolute Gasteiger partial charge is 0.314 e. The van der Waals surface area contributed by atoms with Gasteiger partial charge in [0.15, 0.2) is 0 Å². The van der Waals surface area contributed by atoms with Crippen LogP contribution in [0, 0.1) is 0 Å². The first-order valence-corrected chi connectivity index (χ1v) is 6.07.